The Morgan fingerprint density at radius 3 is 2.57 bits per heavy atom. The van der Waals surface area contributed by atoms with E-state index in [1.54, 1.807) is 42.5 Å². The van der Waals surface area contributed by atoms with Crippen molar-refractivity contribution in [2.24, 2.45) is 0 Å². The second-order valence-corrected chi connectivity index (χ2v) is 5.26. The van der Waals surface area contributed by atoms with Crippen molar-refractivity contribution >= 4 is 11.0 Å². The number of phenolic OH excluding ortho intramolecular Hbond substituents is 1. The number of aromatic hydroxyl groups is 1. The molecule has 5 heteroatoms. The molecule has 0 saturated carbocycles. The van der Waals surface area contributed by atoms with E-state index in [9.17, 15) is 15.0 Å². The molecule has 2 aromatic carbocycles. The van der Waals surface area contributed by atoms with Crippen molar-refractivity contribution in [2.75, 3.05) is 7.11 Å². The first-order valence-corrected chi connectivity index (χ1v) is 7.14. The van der Waals surface area contributed by atoms with Gasteiger partial charge in [-0.2, -0.15) is 0 Å². The Hall–Kier alpha value is -2.79. The zero-order valence-corrected chi connectivity index (χ0v) is 12.5. The first-order valence-electron chi connectivity index (χ1n) is 7.14. The second-order valence-electron chi connectivity index (χ2n) is 5.26. The Balaban J connectivity index is 1.95. The third-order valence-electron chi connectivity index (χ3n) is 3.65. The van der Waals surface area contributed by atoms with Gasteiger partial charge in [0, 0.05) is 18.6 Å². The minimum atomic E-state index is -0.956. The smallest absolute Gasteiger partial charge is 0.193 e. The number of rotatable bonds is 4. The van der Waals surface area contributed by atoms with Gasteiger partial charge in [0.1, 0.15) is 28.9 Å². The van der Waals surface area contributed by atoms with Gasteiger partial charge >= 0.3 is 0 Å². The molecule has 1 heterocycles. The predicted molar refractivity (Wildman–Crippen MR) is 85.8 cm³/mol. The van der Waals surface area contributed by atoms with Crippen molar-refractivity contribution in [3.8, 4) is 11.5 Å². The van der Waals surface area contributed by atoms with Crippen LogP contribution in [-0.4, -0.2) is 17.3 Å². The van der Waals surface area contributed by atoms with E-state index in [2.05, 4.69) is 0 Å². The zero-order chi connectivity index (χ0) is 16.4. The van der Waals surface area contributed by atoms with E-state index in [0.717, 1.165) is 5.56 Å². The summed E-state index contributed by atoms with van der Waals surface area (Å²) in [7, 11) is 1.53. The minimum Gasteiger partial charge on any atom is -0.508 e. The van der Waals surface area contributed by atoms with E-state index in [1.165, 1.54) is 13.2 Å². The van der Waals surface area contributed by atoms with Gasteiger partial charge < -0.3 is 19.4 Å². The molecule has 5 nitrogen and oxygen atoms in total. The van der Waals surface area contributed by atoms with Crippen LogP contribution in [0.5, 0.6) is 11.5 Å². The molecular formula is C18H16O5. The molecule has 0 amide bonds. The van der Waals surface area contributed by atoms with E-state index < -0.39 is 6.10 Å². The van der Waals surface area contributed by atoms with Gasteiger partial charge in [0.15, 0.2) is 5.43 Å². The summed E-state index contributed by atoms with van der Waals surface area (Å²) in [4.78, 5) is 12.2. The van der Waals surface area contributed by atoms with E-state index in [1.807, 2.05) is 0 Å². The number of hydrogen-bond donors (Lipinski definition) is 2. The van der Waals surface area contributed by atoms with Gasteiger partial charge in [-0.05, 0) is 29.8 Å². The maximum atomic E-state index is 12.2. The largest absolute Gasteiger partial charge is 0.508 e. The van der Waals surface area contributed by atoms with E-state index >= 15 is 0 Å². The maximum Gasteiger partial charge on any atom is 0.193 e. The lowest BCUT2D eigenvalue weighted by atomic mass is 10.1. The van der Waals surface area contributed by atoms with Crippen LogP contribution in [-0.2, 0) is 6.42 Å². The molecule has 0 fully saturated rings. The predicted octanol–water partition coefficient (Wildman–Crippen LogP) is 2.78. The summed E-state index contributed by atoms with van der Waals surface area (Å²) in [5.74, 6) is 0.933. The Bertz CT molecular complexity index is 880. The van der Waals surface area contributed by atoms with Gasteiger partial charge in [-0.3, -0.25) is 4.79 Å². The Labute approximate surface area is 132 Å². The number of methoxy groups -OCH3 is 1. The summed E-state index contributed by atoms with van der Waals surface area (Å²) in [5.41, 5.74) is 0.981. The molecule has 1 aromatic heterocycles. The minimum absolute atomic E-state index is 0.160. The summed E-state index contributed by atoms with van der Waals surface area (Å²) in [6.45, 7) is 0. The number of aliphatic hydroxyl groups excluding tert-OH is 1. The summed E-state index contributed by atoms with van der Waals surface area (Å²) in [5, 5.41) is 20.0. The summed E-state index contributed by atoms with van der Waals surface area (Å²) in [6.07, 6.45) is -0.679. The highest BCUT2D eigenvalue weighted by Gasteiger charge is 2.14. The second kappa shape index (κ2) is 6.14. The quantitative estimate of drug-likeness (QED) is 0.774. The van der Waals surface area contributed by atoms with Crippen molar-refractivity contribution in [2.45, 2.75) is 12.5 Å². The van der Waals surface area contributed by atoms with Crippen LogP contribution < -0.4 is 10.2 Å². The van der Waals surface area contributed by atoms with Crippen LogP contribution in [0.4, 0.5) is 0 Å². The van der Waals surface area contributed by atoms with Crippen LogP contribution >= 0.6 is 0 Å². The monoisotopic (exact) mass is 312 g/mol. The average molecular weight is 312 g/mol. The van der Waals surface area contributed by atoms with Crippen molar-refractivity contribution in [1.82, 2.24) is 0 Å². The third kappa shape index (κ3) is 3.19. The lowest BCUT2D eigenvalue weighted by molar-refractivity contribution is 0.151. The van der Waals surface area contributed by atoms with Crippen molar-refractivity contribution in [3.05, 3.63) is 70.1 Å². The molecule has 1 unspecified atom stereocenters. The Kier molecular flexibility index (Phi) is 4.04. The zero-order valence-electron chi connectivity index (χ0n) is 12.5. The fourth-order valence-electron chi connectivity index (χ4n) is 2.40. The van der Waals surface area contributed by atoms with E-state index in [4.69, 9.17) is 9.15 Å². The Morgan fingerprint density at radius 1 is 1.13 bits per heavy atom. The van der Waals surface area contributed by atoms with Crippen LogP contribution in [0.1, 0.15) is 17.4 Å². The molecule has 0 aliphatic heterocycles. The summed E-state index contributed by atoms with van der Waals surface area (Å²) in [6, 6.07) is 12.8. The molecule has 2 N–H and O–H groups in total. The number of ether oxygens (including phenoxy) is 1. The number of hydrogen-bond acceptors (Lipinski definition) is 5. The van der Waals surface area contributed by atoms with Gasteiger partial charge in [-0.15, -0.1) is 0 Å². The molecular weight excluding hydrogens is 296 g/mol. The highest BCUT2D eigenvalue weighted by molar-refractivity contribution is 5.78. The highest BCUT2D eigenvalue weighted by Crippen LogP contribution is 2.24. The fraction of sp³-hybridized carbons (Fsp3) is 0.167. The first-order chi connectivity index (χ1) is 11.1. The normalized spacial score (nSPS) is 12.3. The molecule has 0 saturated heterocycles. The molecule has 0 radical (unpaired) electrons. The van der Waals surface area contributed by atoms with Crippen molar-refractivity contribution < 1.29 is 19.4 Å². The summed E-state index contributed by atoms with van der Waals surface area (Å²) < 4.78 is 10.8. The van der Waals surface area contributed by atoms with Gasteiger partial charge in [0.2, 0.25) is 0 Å². The van der Waals surface area contributed by atoms with Crippen LogP contribution in [0.25, 0.3) is 11.0 Å². The molecule has 0 aliphatic carbocycles. The average Bonchev–Trinajstić information content (AvgIpc) is 2.56. The first kappa shape index (κ1) is 15.1. The number of phenols is 1. The van der Waals surface area contributed by atoms with Crippen LogP contribution in [0.3, 0.4) is 0 Å². The molecule has 118 valence electrons. The van der Waals surface area contributed by atoms with Gasteiger partial charge in [-0.25, -0.2) is 0 Å². The van der Waals surface area contributed by atoms with Crippen molar-refractivity contribution in [1.29, 1.82) is 0 Å². The molecule has 3 aromatic rings. The van der Waals surface area contributed by atoms with Crippen LogP contribution in [0, 0.1) is 0 Å². The van der Waals surface area contributed by atoms with Gasteiger partial charge in [0.25, 0.3) is 0 Å². The maximum absolute atomic E-state index is 12.2. The standard InChI is InChI=1S/C18H16O5/c1-22-13-6-7-14-15(20)10-18(23-17(14)9-13)16(21)8-11-2-4-12(19)5-3-11/h2-7,9-10,16,19,21H,8H2,1H3. The van der Waals surface area contributed by atoms with Crippen molar-refractivity contribution in [3.63, 3.8) is 0 Å². The molecule has 0 spiro atoms. The van der Waals surface area contributed by atoms with Crippen LogP contribution in [0.15, 0.2) is 57.7 Å². The molecule has 3 rings (SSSR count). The number of benzene rings is 2. The lowest BCUT2D eigenvalue weighted by Crippen LogP contribution is -2.08. The van der Waals surface area contributed by atoms with E-state index in [-0.39, 0.29) is 23.4 Å². The molecule has 0 aliphatic rings. The van der Waals surface area contributed by atoms with Gasteiger partial charge in [0.05, 0.1) is 12.5 Å². The number of fused-ring (bicyclic) bond motifs is 1. The van der Waals surface area contributed by atoms with Gasteiger partial charge in [-0.1, -0.05) is 12.1 Å². The molecule has 0 bridgehead atoms. The third-order valence-corrected chi connectivity index (χ3v) is 3.65. The fourth-order valence-corrected chi connectivity index (χ4v) is 2.40. The van der Waals surface area contributed by atoms with E-state index in [0.29, 0.717) is 16.7 Å². The highest BCUT2D eigenvalue weighted by atomic mass is 16.5. The summed E-state index contributed by atoms with van der Waals surface area (Å²) >= 11 is 0. The number of aliphatic hydroxyl groups is 1. The molecule has 23 heavy (non-hydrogen) atoms. The van der Waals surface area contributed by atoms with Crippen LogP contribution in [0.2, 0.25) is 0 Å². The topological polar surface area (TPSA) is 79.9 Å². The SMILES string of the molecule is COc1ccc2c(=O)cc(C(O)Cc3ccc(O)cc3)oc2c1. The molecule has 1 atom stereocenters. The Morgan fingerprint density at radius 2 is 1.87 bits per heavy atom. The lowest BCUT2D eigenvalue weighted by Gasteiger charge is -2.11.